The predicted molar refractivity (Wildman–Crippen MR) is 119 cm³/mol. The molecule has 3 aromatic rings. The molecule has 0 bridgehead atoms. The molecular weight excluding hydrogens is 453 g/mol. The number of nitro groups is 1. The van der Waals surface area contributed by atoms with Crippen LogP contribution in [0.1, 0.15) is 11.1 Å². The van der Waals surface area contributed by atoms with E-state index in [4.69, 9.17) is 16.3 Å². The van der Waals surface area contributed by atoms with Crippen LogP contribution < -0.4 is 15.2 Å². The molecule has 1 heterocycles. The van der Waals surface area contributed by atoms with Crippen molar-refractivity contribution in [3.8, 4) is 5.75 Å². The van der Waals surface area contributed by atoms with Crippen LogP contribution in [-0.4, -0.2) is 16.7 Å². The first-order valence-electron chi connectivity index (χ1n) is 9.61. The van der Waals surface area contributed by atoms with Crippen LogP contribution in [0.25, 0.3) is 6.08 Å². The number of hydrogen-bond donors (Lipinski definition) is 1. The quantitative estimate of drug-likeness (QED) is 0.250. The van der Waals surface area contributed by atoms with Crippen molar-refractivity contribution < 1.29 is 23.6 Å². The lowest BCUT2D eigenvalue weighted by atomic mass is 10.1. The zero-order valence-corrected chi connectivity index (χ0v) is 17.6. The minimum Gasteiger partial charge on any atom is -0.481 e. The van der Waals surface area contributed by atoms with Crippen LogP contribution in [0.4, 0.5) is 15.8 Å². The van der Waals surface area contributed by atoms with Gasteiger partial charge in [-0.2, -0.15) is 0 Å². The number of para-hydroxylation sites is 1. The van der Waals surface area contributed by atoms with Crippen LogP contribution in [0.3, 0.4) is 0 Å². The van der Waals surface area contributed by atoms with E-state index in [2.05, 4.69) is 5.43 Å². The number of nitrogens with zero attached hydrogens (tertiary/aromatic N) is 2. The van der Waals surface area contributed by atoms with Crippen molar-refractivity contribution in [2.75, 3.05) is 5.01 Å². The van der Waals surface area contributed by atoms with Gasteiger partial charge in [-0.15, -0.1) is 0 Å². The van der Waals surface area contributed by atoms with E-state index < -0.39 is 28.2 Å². The van der Waals surface area contributed by atoms with Gasteiger partial charge in [0, 0.05) is 6.07 Å². The third-order valence-corrected chi connectivity index (χ3v) is 5.01. The predicted octanol–water partition coefficient (Wildman–Crippen LogP) is 4.43. The van der Waals surface area contributed by atoms with Crippen LogP contribution in [0, 0.1) is 15.9 Å². The van der Waals surface area contributed by atoms with Gasteiger partial charge in [0.1, 0.15) is 18.0 Å². The number of nitrogens with one attached hydrogen (secondary N) is 1. The maximum atomic E-state index is 13.4. The van der Waals surface area contributed by atoms with Gasteiger partial charge < -0.3 is 4.74 Å². The topological polar surface area (TPSA) is 102 Å². The number of anilines is 1. The summed E-state index contributed by atoms with van der Waals surface area (Å²) in [6.45, 7) is -0.147. The summed E-state index contributed by atoms with van der Waals surface area (Å²) < 4.78 is 18.9. The third kappa shape index (κ3) is 4.68. The molecule has 0 unspecified atom stereocenters. The van der Waals surface area contributed by atoms with Gasteiger partial charge in [-0.1, -0.05) is 41.9 Å². The van der Waals surface area contributed by atoms with Crippen molar-refractivity contribution in [2.24, 2.45) is 0 Å². The average Bonchev–Trinajstić information content (AvgIpc) is 3.07. The molecule has 0 saturated carbocycles. The zero-order valence-electron chi connectivity index (χ0n) is 16.8. The van der Waals surface area contributed by atoms with Gasteiger partial charge in [0.05, 0.1) is 15.6 Å². The number of carbonyl (C=O) groups excluding carboxylic acids is 2. The second kappa shape index (κ2) is 9.09. The molecule has 3 aromatic carbocycles. The highest BCUT2D eigenvalue weighted by molar-refractivity contribution is 6.33. The normalized spacial score (nSPS) is 14.5. The lowest BCUT2D eigenvalue weighted by Gasteiger charge is -2.13. The second-order valence-electron chi connectivity index (χ2n) is 7.00. The number of hydrazine groups is 1. The van der Waals surface area contributed by atoms with Gasteiger partial charge >= 0.3 is 5.69 Å². The molecule has 0 radical (unpaired) electrons. The summed E-state index contributed by atoms with van der Waals surface area (Å²) >= 11 is 6.23. The average molecular weight is 468 g/mol. The van der Waals surface area contributed by atoms with E-state index in [1.165, 1.54) is 30.3 Å². The maximum Gasteiger partial charge on any atom is 0.313 e. The lowest BCUT2D eigenvalue weighted by molar-refractivity contribution is -0.385. The fourth-order valence-corrected chi connectivity index (χ4v) is 3.50. The molecule has 2 amide bonds. The Hall–Kier alpha value is -4.24. The van der Waals surface area contributed by atoms with E-state index in [-0.39, 0.29) is 28.5 Å². The number of rotatable bonds is 6. The number of amides is 2. The minimum atomic E-state index is -0.693. The molecular formula is C23H15ClFN3O5. The molecule has 8 nitrogen and oxygen atoms in total. The van der Waals surface area contributed by atoms with Gasteiger partial charge in [-0.25, -0.2) is 9.40 Å². The summed E-state index contributed by atoms with van der Waals surface area (Å²) in [4.78, 5) is 36.0. The molecule has 33 heavy (non-hydrogen) atoms. The summed E-state index contributed by atoms with van der Waals surface area (Å²) in [5.41, 5.74) is 2.87. The van der Waals surface area contributed by atoms with Crippen LogP contribution in [0.2, 0.25) is 5.02 Å². The lowest BCUT2D eigenvalue weighted by Crippen LogP contribution is -2.35. The summed E-state index contributed by atoms with van der Waals surface area (Å²) in [5.74, 6) is -1.95. The minimum absolute atomic E-state index is 0.0989. The standard InChI is InChI=1S/C23H15ClFN3O5/c24-19-11-15(10-18-22(29)26-27(23(18)30)17-7-2-1-3-8-17)12-20(28(31)32)21(19)33-13-14-5-4-6-16(25)9-14/h1-12H,13H2,(H,26,29). The van der Waals surface area contributed by atoms with E-state index in [1.54, 1.807) is 36.4 Å². The molecule has 0 aromatic heterocycles. The third-order valence-electron chi connectivity index (χ3n) is 4.73. The Bertz CT molecular complexity index is 1300. The SMILES string of the molecule is O=C1NN(c2ccccc2)C(=O)C1=Cc1cc(Cl)c(OCc2cccc(F)c2)c([N+](=O)[O-])c1. The van der Waals surface area contributed by atoms with E-state index in [0.717, 1.165) is 11.1 Å². The van der Waals surface area contributed by atoms with Crippen LogP contribution >= 0.6 is 11.6 Å². The number of carbonyl (C=O) groups is 2. The van der Waals surface area contributed by atoms with Crippen LogP contribution in [0.15, 0.2) is 72.3 Å². The van der Waals surface area contributed by atoms with E-state index in [1.807, 2.05) is 0 Å². The van der Waals surface area contributed by atoms with Gasteiger partial charge in [-0.05, 0) is 47.5 Å². The Labute approximate surface area is 192 Å². The maximum absolute atomic E-state index is 13.4. The highest BCUT2D eigenvalue weighted by Gasteiger charge is 2.34. The van der Waals surface area contributed by atoms with Crippen molar-refractivity contribution in [1.82, 2.24) is 5.43 Å². The Morgan fingerprint density at radius 1 is 1.09 bits per heavy atom. The van der Waals surface area contributed by atoms with Crippen LogP contribution in [0.5, 0.6) is 5.75 Å². The number of ether oxygens (including phenoxy) is 1. The molecule has 1 aliphatic rings. The molecule has 1 aliphatic heterocycles. The fourth-order valence-electron chi connectivity index (χ4n) is 3.23. The first-order valence-corrected chi connectivity index (χ1v) is 9.98. The first kappa shape index (κ1) is 22.0. The molecule has 10 heteroatoms. The highest BCUT2D eigenvalue weighted by atomic mass is 35.5. The molecule has 4 rings (SSSR count). The van der Waals surface area contributed by atoms with Gasteiger partial charge in [0.25, 0.3) is 11.8 Å². The smallest absolute Gasteiger partial charge is 0.313 e. The number of halogens is 2. The Morgan fingerprint density at radius 2 is 1.85 bits per heavy atom. The molecule has 166 valence electrons. The molecule has 1 N–H and O–H groups in total. The number of benzene rings is 3. The summed E-state index contributed by atoms with van der Waals surface area (Å²) in [6, 6.07) is 16.6. The molecule has 1 saturated heterocycles. The Morgan fingerprint density at radius 3 is 2.55 bits per heavy atom. The van der Waals surface area contributed by atoms with Crippen LogP contribution in [-0.2, 0) is 16.2 Å². The van der Waals surface area contributed by atoms with E-state index in [9.17, 15) is 24.1 Å². The molecule has 1 fully saturated rings. The Kier molecular flexibility index (Phi) is 6.05. The van der Waals surface area contributed by atoms with Gasteiger partial charge in [-0.3, -0.25) is 25.1 Å². The summed E-state index contributed by atoms with van der Waals surface area (Å²) in [6.07, 6.45) is 1.22. The molecule has 0 atom stereocenters. The van der Waals surface area contributed by atoms with E-state index in [0.29, 0.717) is 11.3 Å². The summed E-state index contributed by atoms with van der Waals surface area (Å²) in [5, 5.41) is 12.6. The highest BCUT2D eigenvalue weighted by Crippen LogP contribution is 2.37. The molecule has 0 aliphatic carbocycles. The van der Waals surface area contributed by atoms with E-state index >= 15 is 0 Å². The Balaban J connectivity index is 1.63. The second-order valence-corrected chi connectivity index (χ2v) is 7.41. The molecule has 0 spiro atoms. The van der Waals surface area contributed by atoms with Gasteiger partial charge in [0.2, 0.25) is 5.75 Å². The number of hydrogen-bond acceptors (Lipinski definition) is 5. The first-order chi connectivity index (χ1) is 15.8. The summed E-state index contributed by atoms with van der Waals surface area (Å²) in [7, 11) is 0. The van der Waals surface area contributed by atoms with Crippen molar-refractivity contribution >= 4 is 40.9 Å². The zero-order chi connectivity index (χ0) is 23.5. The van der Waals surface area contributed by atoms with Crippen molar-refractivity contribution in [1.29, 1.82) is 0 Å². The van der Waals surface area contributed by atoms with Crippen molar-refractivity contribution in [3.63, 3.8) is 0 Å². The largest absolute Gasteiger partial charge is 0.481 e. The monoisotopic (exact) mass is 467 g/mol. The fraction of sp³-hybridized carbons (Fsp3) is 0.0435. The van der Waals surface area contributed by atoms with Gasteiger partial charge in [0.15, 0.2) is 0 Å². The van der Waals surface area contributed by atoms with Crippen molar-refractivity contribution in [2.45, 2.75) is 6.61 Å². The number of nitro benzene ring substituents is 1. The van der Waals surface area contributed by atoms with Crippen molar-refractivity contribution in [3.05, 3.63) is 104 Å².